The second-order valence-electron chi connectivity index (χ2n) is 9.02. The number of carbonyl (C=O) groups is 2. The summed E-state index contributed by atoms with van der Waals surface area (Å²) in [6, 6.07) is 9.19. The number of hydrogen-bond acceptors (Lipinski definition) is 7. The lowest BCUT2D eigenvalue weighted by molar-refractivity contribution is 0.0755. The van der Waals surface area contributed by atoms with E-state index in [2.05, 4.69) is 15.3 Å². The van der Waals surface area contributed by atoms with Gasteiger partial charge in [0, 0.05) is 42.2 Å². The van der Waals surface area contributed by atoms with E-state index in [4.69, 9.17) is 17.7 Å². The largest absolute Gasteiger partial charge is 0.453 e. The molecule has 0 atom stereocenters. The summed E-state index contributed by atoms with van der Waals surface area (Å²) in [5.41, 5.74) is 6.06. The summed E-state index contributed by atoms with van der Waals surface area (Å²) in [5.74, 6) is -0.102. The Morgan fingerprint density at radius 3 is 2.73 bits per heavy atom. The maximum absolute atomic E-state index is 12.9. The van der Waals surface area contributed by atoms with Gasteiger partial charge in [-0.2, -0.15) is 5.10 Å². The Kier molecular flexibility index (Phi) is 6.55. The van der Waals surface area contributed by atoms with Crippen molar-refractivity contribution in [2.24, 2.45) is 0 Å². The minimum absolute atomic E-state index is 0.0612. The molecule has 2 radical (unpaired) electrons. The number of rotatable bonds is 5. The van der Waals surface area contributed by atoms with E-state index in [1.807, 2.05) is 36.7 Å². The number of aromatic nitrogens is 4. The second kappa shape index (κ2) is 9.81. The summed E-state index contributed by atoms with van der Waals surface area (Å²) >= 11 is 1.36. The predicted octanol–water partition coefficient (Wildman–Crippen LogP) is 3.61. The van der Waals surface area contributed by atoms with Crippen molar-refractivity contribution >= 4 is 41.8 Å². The minimum Gasteiger partial charge on any atom is -0.453 e. The van der Waals surface area contributed by atoms with Crippen LogP contribution in [0.4, 0.5) is 9.93 Å². The van der Waals surface area contributed by atoms with E-state index in [1.165, 1.54) is 18.4 Å². The number of methoxy groups -OCH3 is 1. The summed E-state index contributed by atoms with van der Waals surface area (Å²) in [6.45, 7) is 3.92. The highest BCUT2D eigenvalue weighted by Crippen LogP contribution is 2.43. The molecule has 0 bridgehead atoms. The Labute approximate surface area is 219 Å². The quantitative estimate of drug-likeness (QED) is 0.410. The topological polar surface area (TPSA) is 102 Å². The van der Waals surface area contributed by atoms with E-state index < -0.39 is 6.09 Å². The number of hydrogen-bond donors (Lipinski definition) is 1. The zero-order valence-corrected chi connectivity index (χ0v) is 21.8. The van der Waals surface area contributed by atoms with Crippen LogP contribution >= 0.6 is 11.3 Å². The first-order valence-corrected chi connectivity index (χ1v) is 12.6. The third kappa shape index (κ3) is 4.50. The molecule has 11 heteroatoms. The number of benzene rings is 1. The van der Waals surface area contributed by atoms with Crippen LogP contribution in [0.1, 0.15) is 35.5 Å². The maximum atomic E-state index is 12.9. The molecule has 0 saturated heterocycles. The van der Waals surface area contributed by atoms with Crippen LogP contribution in [-0.4, -0.2) is 64.7 Å². The Morgan fingerprint density at radius 2 is 2.05 bits per heavy atom. The third-order valence-electron chi connectivity index (χ3n) is 6.43. The SMILES string of the molecule is [B]c1cc(C(=O)N(C)C(C)C)ccc1-n1nc(-c2cccnc2)c2c1-c1sc(NC(=O)OC)nc1CC2. The molecule has 0 spiro atoms. The molecule has 186 valence electrons. The van der Waals surface area contributed by atoms with Gasteiger partial charge in [0.15, 0.2) is 5.13 Å². The van der Waals surface area contributed by atoms with Gasteiger partial charge in [-0.25, -0.2) is 14.5 Å². The van der Waals surface area contributed by atoms with Crippen LogP contribution in [-0.2, 0) is 17.6 Å². The summed E-state index contributed by atoms with van der Waals surface area (Å²) in [7, 11) is 9.61. The Morgan fingerprint density at radius 1 is 1.24 bits per heavy atom. The van der Waals surface area contributed by atoms with Gasteiger partial charge in [0.2, 0.25) is 0 Å². The zero-order valence-electron chi connectivity index (χ0n) is 21.0. The van der Waals surface area contributed by atoms with Crippen molar-refractivity contribution in [3.8, 4) is 27.5 Å². The van der Waals surface area contributed by atoms with Crippen molar-refractivity contribution in [1.29, 1.82) is 0 Å². The molecule has 5 rings (SSSR count). The molecule has 1 N–H and O–H groups in total. The van der Waals surface area contributed by atoms with Gasteiger partial charge < -0.3 is 9.64 Å². The van der Waals surface area contributed by atoms with Crippen LogP contribution in [0.2, 0.25) is 0 Å². The molecule has 3 aromatic heterocycles. The summed E-state index contributed by atoms with van der Waals surface area (Å²) in [4.78, 5) is 36.1. The van der Waals surface area contributed by atoms with Crippen LogP contribution in [0.25, 0.3) is 27.5 Å². The van der Waals surface area contributed by atoms with Gasteiger partial charge in [-0.15, -0.1) is 0 Å². The molecule has 0 aliphatic heterocycles. The van der Waals surface area contributed by atoms with Gasteiger partial charge in [0.05, 0.1) is 34.8 Å². The monoisotopic (exact) mass is 512 g/mol. The van der Waals surface area contributed by atoms with E-state index >= 15 is 0 Å². The summed E-state index contributed by atoms with van der Waals surface area (Å²) < 4.78 is 6.54. The molecule has 0 unspecified atom stereocenters. The number of carbonyl (C=O) groups excluding carboxylic acids is 2. The van der Waals surface area contributed by atoms with E-state index in [0.29, 0.717) is 34.7 Å². The standard InChI is InChI=1S/C26H25BN6O3S/c1-14(2)32(3)24(34)15-7-10-20(18(27)12-15)33-22-17(21(31-33)16-6-5-11-28-13-16)8-9-19-23(22)37-25(29-19)30-26(35)36-4/h5-7,10-14H,8-9H2,1-4H3,(H,29,30,35). The fourth-order valence-electron chi connectivity index (χ4n) is 4.29. The minimum atomic E-state index is -0.577. The van der Waals surface area contributed by atoms with Crippen molar-refractivity contribution in [3.05, 3.63) is 59.5 Å². The van der Waals surface area contributed by atoms with Crippen molar-refractivity contribution in [2.45, 2.75) is 32.7 Å². The molecule has 1 aromatic carbocycles. The number of fused-ring (bicyclic) bond motifs is 3. The van der Waals surface area contributed by atoms with Crippen LogP contribution in [0, 0.1) is 0 Å². The lowest BCUT2D eigenvalue weighted by Crippen LogP contribution is -2.33. The number of thiazole rings is 1. The fourth-order valence-corrected chi connectivity index (χ4v) is 5.34. The van der Waals surface area contributed by atoms with Gasteiger partial charge in [0.25, 0.3) is 5.91 Å². The number of aryl methyl sites for hydroxylation is 1. The molecular formula is C26H25BN6O3S. The zero-order chi connectivity index (χ0) is 26.3. The van der Waals surface area contributed by atoms with Crippen molar-refractivity contribution in [2.75, 3.05) is 19.5 Å². The van der Waals surface area contributed by atoms with E-state index in [9.17, 15) is 9.59 Å². The number of pyridine rings is 1. The van der Waals surface area contributed by atoms with Gasteiger partial charge >= 0.3 is 6.09 Å². The average Bonchev–Trinajstić information content (AvgIpc) is 3.49. The Bertz CT molecular complexity index is 1500. The Hall–Kier alpha value is -3.99. The number of nitrogens with one attached hydrogen (secondary N) is 1. The first-order chi connectivity index (χ1) is 17.8. The van der Waals surface area contributed by atoms with Crippen molar-refractivity contribution in [1.82, 2.24) is 24.6 Å². The lowest BCUT2D eigenvalue weighted by atomic mass is 9.91. The predicted molar refractivity (Wildman–Crippen MR) is 144 cm³/mol. The average molecular weight is 512 g/mol. The molecular weight excluding hydrogens is 487 g/mol. The lowest BCUT2D eigenvalue weighted by Gasteiger charge is -2.22. The number of anilines is 1. The summed E-state index contributed by atoms with van der Waals surface area (Å²) in [5, 5.41) is 8.10. The number of nitrogens with zero attached hydrogens (tertiary/aromatic N) is 5. The van der Waals surface area contributed by atoms with E-state index in [0.717, 1.165) is 33.1 Å². The molecule has 3 heterocycles. The van der Waals surface area contributed by atoms with Crippen LogP contribution < -0.4 is 10.8 Å². The van der Waals surface area contributed by atoms with Crippen molar-refractivity contribution in [3.63, 3.8) is 0 Å². The van der Waals surface area contributed by atoms with E-state index in [1.54, 1.807) is 36.5 Å². The Balaban J connectivity index is 1.66. The first-order valence-electron chi connectivity index (χ1n) is 11.8. The maximum Gasteiger partial charge on any atom is 0.413 e. The van der Waals surface area contributed by atoms with Gasteiger partial charge in [0.1, 0.15) is 7.85 Å². The van der Waals surface area contributed by atoms with Gasteiger partial charge in [-0.1, -0.05) is 22.9 Å². The normalized spacial score (nSPS) is 12.1. The van der Waals surface area contributed by atoms with Gasteiger partial charge in [-0.05, 0) is 51.0 Å². The third-order valence-corrected chi connectivity index (χ3v) is 7.45. The number of amides is 2. The molecule has 37 heavy (non-hydrogen) atoms. The molecule has 9 nitrogen and oxygen atoms in total. The summed E-state index contributed by atoms with van der Waals surface area (Å²) in [6.07, 6.45) is 4.34. The van der Waals surface area contributed by atoms with E-state index in [-0.39, 0.29) is 11.9 Å². The fraction of sp³-hybridized carbons (Fsp3) is 0.269. The first kappa shape index (κ1) is 24.7. The van der Waals surface area contributed by atoms with Crippen LogP contribution in [0.5, 0.6) is 0 Å². The van der Waals surface area contributed by atoms with Crippen LogP contribution in [0.15, 0.2) is 42.7 Å². The number of ether oxygens (including phenoxy) is 1. The van der Waals surface area contributed by atoms with Crippen molar-refractivity contribution < 1.29 is 14.3 Å². The highest BCUT2D eigenvalue weighted by molar-refractivity contribution is 7.19. The smallest absolute Gasteiger partial charge is 0.413 e. The molecule has 2 amide bonds. The molecule has 1 aliphatic rings. The highest BCUT2D eigenvalue weighted by atomic mass is 32.1. The molecule has 0 saturated carbocycles. The van der Waals surface area contributed by atoms with Gasteiger partial charge in [-0.3, -0.25) is 15.1 Å². The molecule has 4 aromatic rings. The molecule has 1 aliphatic carbocycles. The van der Waals surface area contributed by atoms with Crippen LogP contribution in [0.3, 0.4) is 0 Å². The second-order valence-corrected chi connectivity index (χ2v) is 10.0. The molecule has 0 fully saturated rings. The highest BCUT2D eigenvalue weighted by Gasteiger charge is 2.30.